The summed E-state index contributed by atoms with van der Waals surface area (Å²) in [6, 6.07) is 0. The third-order valence-corrected chi connectivity index (χ3v) is 5.39. The molecule has 9 heteroatoms. The van der Waals surface area contributed by atoms with Crippen LogP contribution in [0.15, 0.2) is 0 Å². The molecule has 0 saturated heterocycles. The first kappa shape index (κ1) is 22.5. The third-order valence-electron chi connectivity index (χ3n) is 2.95. The number of hydrogen-bond acceptors (Lipinski definition) is 7. The Hall–Kier alpha value is -0.480. The van der Waals surface area contributed by atoms with Crippen molar-refractivity contribution in [2.24, 2.45) is 11.1 Å². The molecule has 0 aromatic heterocycles. The summed E-state index contributed by atoms with van der Waals surface area (Å²) in [5, 5.41) is 15.3. The molecule has 0 spiro atoms. The number of hydrogen-bond donors (Lipinski definition) is 4. The summed E-state index contributed by atoms with van der Waals surface area (Å²) in [6.07, 6.45) is -0.995. The molecule has 0 aliphatic rings. The molecule has 0 heterocycles. The summed E-state index contributed by atoms with van der Waals surface area (Å²) in [5.41, 5.74) is 4.69. The van der Waals surface area contributed by atoms with Gasteiger partial charge in [0.2, 0.25) is 11.8 Å². The van der Waals surface area contributed by atoms with E-state index < -0.39 is 17.4 Å². The van der Waals surface area contributed by atoms with Crippen LogP contribution >= 0.6 is 21.6 Å². The van der Waals surface area contributed by atoms with E-state index in [1.165, 1.54) is 7.11 Å². The maximum Gasteiger partial charge on any atom is 0.249 e. The van der Waals surface area contributed by atoms with E-state index in [4.69, 9.17) is 10.5 Å². The van der Waals surface area contributed by atoms with Gasteiger partial charge in [-0.25, -0.2) is 0 Å². The van der Waals surface area contributed by atoms with Crippen molar-refractivity contribution in [2.45, 2.75) is 26.4 Å². The highest BCUT2D eigenvalue weighted by Crippen LogP contribution is 2.21. The first-order valence-corrected chi connectivity index (χ1v) is 10.00. The van der Waals surface area contributed by atoms with Crippen LogP contribution in [0.4, 0.5) is 0 Å². The molecule has 0 bridgehead atoms. The van der Waals surface area contributed by atoms with Gasteiger partial charge in [0.1, 0.15) is 6.10 Å². The molecule has 136 valence electrons. The summed E-state index contributed by atoms with van der Waals surface area (Å²) in [4.78, 5) is 23.4. The molecule has 5 N–H and O–H groups in total. The fourth-order valence-corrected chi connectivity index (χ4v) is 3.45. The smallest absolute Gasteiger partial charge is 0.249 e. The molecule has 7 nitrogen and oxygen atoms in total. The molecule has 0 radical (unpaired) electrons. The Labute approximate surface area is 146 Å². The highest BCUT2D eigenvalue weighted by atomic mass is 33.1. The molecule has 23 heavy (non-hydrogen) atoms. The quantitative estimate of drug-likeness (QED) is 0.267. The van der Waals surface area contributed by atoms with E-state index in [2.05, 4.69) is 10.6 Å². The minimum atomic E-state index is -1.18. The lowest BCUT2D eigenvalue weighted by atomic mass is 9.87. The van der Waals surface area contributed by atoms with E-state index in [0.29, 0.717) is 13.1 Å². The molecule has 0 aromatic carbocycles. The average molecular weight is 368 g/mol. The van der Waals surface area contributed by atoms with Crippen molar-refractivity contribution >= 4 is 33.4 Å². The van der Waals surface area contributed by atoms with E-state index in [1.54, 1.807) is 35.4 Å². The molecule has 0 rings (SSSR count). The van der Waals surface area contributed by atoms with E-state index in [0.717, 1.165) is 11.5 Å². The molecular formula is C14H29N3O4S2. The van der Waals surface area contributed by atoms with Crippen molar-refractivity contribution in [3.63, 3.8) is 0 Å². The highest BCUT2D eigenvalue weighted by molar-refractivity contribution is 8.76. The minimum Gasteiger partial charge on any atom is -0.384 e. The number of aliphatic hydroxyl groups excluding tert-OH is 1. The van der Waals surface area contributed by atoms with Gasteiger partial charge in [-0.2, -0.15) is 0 Å². The monoisotopic (exact) mass is 367 g/mol. The van der Waals surface area contributed by atoms with Gasteiger partial charge in [0.25, 0.3) is 0 Å². The summed E-state index contributed by atoms with van der Waals surface area (Å²) >= 11 is 0. The first-order valence-electron chi connectivity index (χ1n) is 7.51. The van der Waals surface area contributed by atoms with Crippen LogP contribution in [0.5, 0.6) is 0 Å². The molecule has 0 aliphatic carbocycles. The maximum absolute atomic E-state index is 11.8. The third kappa shape index (κ3) is 10.8. The lowest BCUT2D eigenvalue weighted by Gasteiger charge is -2.28. The van der Waals surface area contributed by atoms with Crippen LogP contribution in [-0.2, 0) is 14.3 Å². The Balaban J connectivity index is 3.80. The molecule has 0 aromatic rings. The number of aliphatic hydroxyl groups is 1. The number of methoxy groups -OCH3 is 1. The minimum absolute atomic E-state index is 0.125. The van der Waals surface area contributed by atoms with E-state index in [9.17, 15) is 14.7 Å². The van der Waals surface area contributed by atoms with Crippen molar-refractivity contribution in [2.75, 3.05) is 44.9 Å². The van der Waals surface area contributed by atoms with E-state index in [1.807, 2.05) is 0 Å². The predicted molar refractivity (Wildman–Crippen MR) is 96.3 cm³/mol. The Morgan fingerprint density at radius 3 is 2.48 bits per heavy atom. The highest BCUT2D eigenvalue weighted by Gasteiger charge is 2.33. The van der Waals surface area contributed by atoms with Gasteiger partial charge in [-0.3, -0.25) is 9.59 Å². The van der Waals surface area contributed by atoms with Gasteiger partial charge in [0.15, 0.2) is 0 Å². The summed E-state index contributed by atoms with van der Waals surface area (Å²) < 4.78 is 4.99. The van der Waals surface area contributed by atoms with Crippen LogP contribution in [0.1, 0.15) is 20.3 Å². The van der Waals surface area contributed by atoms with Crippen LogP contribution in [0.2, 0.25) is 0 Å². The predicted octanol–water partition coefficient (Wildman–Crippen LogP) is -0.0175. The molecule has 1 atom stereocenters. The van der Waals surface area contributed by atoms with Crippen LogP contribution in [-0.4, -0.2) is 67.9 Å². The largest absolute Gasteiger partial charge is 0.384 e. The second-order valence-electron chi connectivity index (χ2n) is 5.65. The maximum atomic E-state index is 11.8. The number of nitrogens with one attached hydrogen (secondary N) is 2. The Bertz CT molecular complexity index is 357. The Morgan fingerprint density at radius 2 is 1.87 bits per heavy atom. The molecule has 0 saturated carbocycles. The molecular weight excluding hydrogens is 338 g/mol. The zero-order valence-electron chi connectivity index (χ0n) is 14.1. The summed E-state index contributed by atoms with van der Waals surface area (Å²) in [6.45, 7) is 5.18. The van der Waals surface area contributed by atoms with Crippen molar-refractivity contribution in [1.82, 2.24) is 10.6 Å². The van der Waals surface area contributed by atoms with Crippen molar-refractivity contribution in [3.05, 3.63) is 0 Å². The lowest BCUT2D eigenvalue weighted by Crippen LogP contribution is -2.46. The van der Waals surface area contributed by atoms with Gasteiger partial charge in [-0.15, -0.1) is 0 Å². The summed E-state index contributed by atoms with van der Waals surface area (Å²) in [5.74, 6) is 1.09. The van der Waals surface area contributed by atoms with Gasteiger partial charge < -0.3 is 26.2 Å². The second kappa shape index (κ2) is 12.9. The average Bonchev–Trinajstić information content (AvgIpc) is 2.49. The zero-order valence-corrected chi connectivity index (χ0v) is 15.7. The van der Waals surface area contributed by atoms with Crippen molar-refractivity contribution in [1.29, 1.82) is 0 Å². The molecule has 0 fully saturated rings. The fraction of sp³-hybridized carbons (Fsp3) is 0.857. The fourth-order valence-electron chi connectivity index (χ4n) is 1.69. The number of carbonyl (C=O) groups excluding carboxylic acids is 2. The first-order chi connectivity index (χ1) is 10.8. The van der Waals surface area contributed by atoms with Crippen LogP contribution in [0, 0.1) is 5.41 Å². The van der Waals surface area contributed by atoms with Gasteiger partial charge in [0.05, 0.1) is 6.61 Å². The second-order valence-corrected chi connectivity index (χ2v) is 8.35. The van der Waals surface area contributed by atoms with Gasteiger partial charge in [0, 0.05) is 50.1 Å². The Morgan fingerprint density at radius 1 is 1.22 bits per heavy atom. The molecule has 2 amide bonds. The zero-order chi connectivity index (χ0) is 17.7. The standard InChI is InChI=1S/C14H29N3O4S2/c1-14(2,10-21-3)12(19)13(20)17-6-4-11(18)16-7-9-23-22-8-5-15/h12,19H,4-10,15H2,1-3H3,(H,16,18)(H,17,20)/t12-/m0/s1. The summed E-state index contributed by atoms with van der Waals surface area (Å²) in [7, 11) is 4.87. The molecule has 0 aliphatic heterocycles. The van der Waals surface area contributed by atoms with Crippen LogP contribution < -0.4 is 16.4 Å². The van der Waals surface area contributed by atoms with Gasteiger partial charge in [-0.05, 0) is 0 Å². The van der Waals surface area contributed by atoms with Crippen molar-refractivity contribution in [3.8, 4) is 0 Å². The molecule has 0 unspecified atom stereocenters. The van der Waals surface area contributed by atoms with Gasteiger partial charge in [-0.1, -0.05) is 35.4 Å². The van der Waals surface area contributed by atoms with Crippen LogP contribution in [0.3, 0.4) is 0 Å². The van der Waals surface area contributed by atoms with Crippen LogP contribution in [0.25, 0.3) is 0 Å². The Kier molecular flexibility index (Phi) is 12.6. The van der Waals surface area contributed by atoms with Gasteiger partial charge >= 0.3 is 0 Å². The number of rotatable bonds is 13. The normalized spacial score (nSPS) is 12.7. The SMILES string of the molecule is COCC(C)(C)[C@@H](O)C(=O)NCCC(=O)NCCSSCCN. The number of ether oxygens (including phenoxy) is 1. The number of nitrogens with two attached hydrogens (primary N) is 1. The van der Waals surface area contributed by atoms with E-state index in [-0.39, 0.29) is 25.5 Å². The topological polar surface area (TPSA) is 114 Å². The van der Waals surface area contributed by atoms with Crippen molar-refractivity contribution < 1.29 is 19.4 Å². The number of carbonyl (C=O) groups is 2. The lowest BCUT2D eigenvalue weighted by molar-refractivity contribution is -0.137. The van der Waals surface area contributed by atoms with E-state index >= 15 is 0 Å². The number of amides is 2.